The Morgan fingerprint density at radius 2 is 2.25 bits per heavy atom. The zero-order valence-corrected chi connectivity index (χ0v) is 8.09. The van der Waals surface area contributed by atoms with Crippen molar-refractivity contribution in [3.63, 3.8) is 0 Å². The van der Waals surface area contributed by atoms with E-state index in [9.17, 15) is 19.3 Å². The molecule has 0 aromatic heterocycles. The Bertz CT molecular complexity index is 436. The average molecular weight is 228 g/mol. The van der Waals surface area contributed by atoms with E-state index in [0.717, 1.165) is 12.1 Å². The average Bonchev–Trinajstić information content (AvgIpc) is 2.16. The number of carbonyl (C=O) groups is 1. The van der Waals surface area contributed by atoms with Crippen LogP contribution in [0.3, 0.4) is 0 Å². The summed E-state index contributed by atoms with van der Waals surface area (Å²) in [6.45, 7) is 0. The first-order valence-corrected chi connectivity index (χ1v) is 4.33. The topological polar surface area (TPSA) is 106 Å². The number of nitrogens with zero attached hydrogens (tertiary/aromatic N) is 1. The molecule has 0 saturated carbocycles. The van der Waals surface area contributed by atoms with Gasteiger partial charge in [-0.05, 0) is 11.6 Å². The van der Waals surface area contributed by atoms with Crippen LogP contribution >= 0.6 is 0 Å². The van der Waals surface area contributed by atoms with Gasteiger partial charge in [0.15, 0.2) is 0 Å². The van der Waals surface area contributed by atoms with Crippen molar-refractivity contribution >= 4 is 11.7 Å². The third-order valence-electron chi connectivity index (χ3n) is 1.99. The fourth-order valence-electron chi connectivity index (χ4n) is 1.21. The van der Waals surface area contributed by atoms with E-state index in [1.807, 2.05) is 0 Å². The number of carboxylic acid groups (broad SMARTS) is 1. The Balaban J connectivity index is 3.02. The number of nitrogens with two attached hydrogens (primary N) is 1. The van der Waals surface area contributed by atoms with Crippen molar-refractivity contribution < 1.29 is 19.2 Å². The summed E-state index contributed by atoms with van der Waals surface area (Å²) in [6.07, 6.45) is -0.372. The van der Waals surface area contributed by atoms with Gasteiger partial charge in [-0.3, -0.25) is 14.9 Å². The molecule has 1 rings (SSSR count). The van der Waals surface area contributed by atoms with Gasteiger partial charge in [-0.15, -0.1) is 0 Å². The maximum atomic E-state index is 12.9. The quantitative estimate of drug-likeness (QED) is 0.595. The molecule has 0 radical (unpaired) electrons. The Kier molecular flexibility index (Phi) is 3.51. The molecule has 1 atom stereocenters. The van der Waals surface area contributed by atoms with Crippen molar-refractivity contribution in [1.29, 1.82) is 0 Å². The molecule has 0 saturated heterocycles. The highest BCUT2D eigenvalue weighted by Crippen LogP contribution is 2.23. The van der Waals surface area contributed by atoms with Gasteiger partial charge in [0.05, 0.1) is 11.3 Å². The van der Waals surface area contributed by atoms with Crippen molar-refractivity contribution in [3.8, 4) is 0 Å². The minimum atomic E-state index is -1.13. The maximum Gasteiger partial charge on any atom is 0.305 e. The molecule has 0 aliphatic rings. The van der Waals surface area contributed by atoms with Crippen LogP contribution in [0.25, 0.3) is 0 Å². The second-order valence-corrected chi connectivity index (χ2v) is 3.17. The molecule has 0 aliphatic heterocycles. The first-order chi connectivity index (χ1) is 7.41. The van der Waals surface area contributed by atoms with Gasteiger partial charge in [-0.25, -0.2) is 0 Å². The smallest absolute Gasteiger partial charge is 0.305 e. The molecule has 86 valence electrons. The summed E-state index contributed by atoms with van der Waals surface area (Å²) in [7, 11) is 0. The Labute approximate surface area is 89.6 Å². The normalized spacial score (nSPS) is 12.1. The summed E-state index contributed by atoms with van der Waals surface area (Å²) in [6, 6.07) is 2.19. The van der Waals surface area contributed by atoms with Gasteiger partial charge in [-0.2, -0.15) is 4.39 Å². The second kappa shape index (κ2) is 4.67. The highest BCUT2D eigenvalue weighted by Gasteiger charge is 2.18. The first-order valence-electron chi connectivity index (χ1n) is 4.33. The number of hydrogen-bond donors (Lipinski definition) is 2. The number of nitro groups is 1. The summed E-state index contributed by atoms with van der Waals surface area (Å²) in [5.74, 6) is -2.10. The summed E-state index contributed by atoms with van der Waals surface area (Å²) < 4.78 is 12.9. The van der Waals surface area contributed by atoms with E-state index in [4.69, 9.17) is 10.8 Å². The zero-order chi connectivity index (χ0) is 12.3. The van der Waals surface area contributed by atoms with Crippen LogP contribution in [0.1, 0.15) is 18.0 Å². The van der Waals surface area contributed by atoms with Crippen LogP contribution in [0, 0.1) is 15.9 Å². The Hall–Kier alpha value is -2.02. The molecule has 0 heterocycles. The lowest BCUT2D eigenvalue weighted by Gasteiger charge is -2.08. The summed E-state index contributed by atoms with van der Waals surface area (Å²) in [4.78, 5) is 19.9. The maximum absolute atomic E-state index is 12.9. The molecule has 1 aromatic carbocycles. The van der Waals surface area contributed by atoms with E-state index in [1.54, 1.807) is 0 Å². The monoisotopic (exact) mass is 228 g/mol. The van der Waals surface area contributed by atoms with Crippen molar-refractivity contribution in [2.45, 2.75) is 12.5 Å². The lowest BCUT2D eigenvalue weighted by Crippen LogP contribution is -2.15. The van der Waals surface area contributed by atoms with Crippen LogP contribution in [-0.4, -0.2) is 16.0 Å². The highest BCUT2D eigenvalue weighted by molar-refractivity contribution is 5.68. The molecule has 0 unspecified atom stereocenters. The zero-order valence-electron chi connectivity index (χ0n) is 8.09. The van der Waals surface area contributed by atoms with E-state index in [-0.39, 0.29) is 12.0 Å². The first kappa shape index (κ1) is 12.1. The second-order valence-electron chi connectivity index (χ2n) is 3.17. The molecule has 6 nitrogen and oxygen atoms in total. The van der Waals surface area contributed by atoms with Gasteiger partial charge < -0.3 is 10.8 Å². The van der Waals surface area contributed by atoms with Crippen molar-refractivity contribution in [2.75, 3.05) is 0 Å². The van der Waals surface area contributed by atoms with Gasteiger partial charge in [0, 0.05) is 12.1 Å². The molecule has 7 heteroatoms. The van der Waals surface area contributed by atoms with E-state index in [2.05, 4.69) is 0 Å². The summed E-state index contributed by atoms with van der Waals surface area (Å²) in [5.41, 5.74) is 5.00. The molecule has 0 aliphatic carbocycles. The van der Waals surface area contributed by atoms with Crippen LogP contribution < -0.4 is 5.73 Å². The third-order valence-corrected chi connectivity index (χ3v) is 1.99. The van der Waals surface area contributed by atoms with Gasteiger partial charge in [0.25, 0.3) is 0 Å². The van der Waals surface area contributed by atoms with E-state index < -0.39 is 28.4 Å². The lowest BCUT2D eigenvalue weighted by molar-refractivity contribution is -0.387. The van der Waals surface area contributed by atoms with Crippen molar-refractivity contribution in [2.24, 2.45) is 5.73 Å². The highest BCUT2D eigenvalue weighted by atomic mass is 19.1. The third kappa shape index (κ3) is 2.74. The SMILES string of the molecule is N[C@@H](CC(=O)O)c1ccc(F)c([N+](=O)[O-])c1. The van der Waals surface area contributed by atoms with Crippen molar-refractivity contribution in [3.05, 3.63) is 39.7 Å². The minimum Gasteiger partial charge on any atom is -0.481 e. The van der Waals surface area contributed by atoms with Gasteiger partial charge in [0.1, 0.15) is 0 Å². The van der Waals surface area contributed by atoms with Crippen LogP contribution in [0.4, 0.5) is 10.1 Å². The van der Waals surface area contributed by atoms with Crippen LogP contribution in [0.2, 0.25) is 0 Å². The van der Waals surface area contributed by atoms with Gasteiger partial charge in [-0.1, -0.05) is 6.07 Å². The molecular formula is C9H9FN2O4. The predicted molar refractivity (Wildman–Crippen MR) is 52.2 cm³/mol. The molecular weight excluding hydrogens is 219 g/mol. The molecule has 16 heavy (non-hydrogen) atoms. The minimum absolute atomic E-state index is 0.218. The standard InChI is InChI=1S/C9H9FN2O4/c10-6-2-1-5(3-8(6)12(15)16)7(11)4-9(13)14/h1-3,7H,4,11H2,(H,13,14)/t7-/m0/s1. The number of rotatable bonds is 4. The van der Waals surface area contributed by atoms with E-state index >= 15 is 0 Å². The fraction of sp³-hybridized carbons (Fsp3) is 0.222. The van der Waals surface area contributed by atoms with Gasteiger partial charge >= 0.3 is 11.7 Å². The number of hydrogen-bond acceptors (Lipinski definition) is 4. The van der Waals surface area contributed by atoms with Crippen LogP contribution in [0.5, 0.6) is 0 Å². The molecule has 0 bridgehead atoms. The molecule has 0 fully saturated rings. The molecule has 1 aromatic rings. The molecule has 0 amide bonds. The number of halogens is 1. The number of nitro benzene ring substituents is 1. The van der Waals surface area contributed by atoms with Gasteiger partial charge in [0.2, 0.25) is 5.82 Å². The Morgan fingerprint density at radius 3 is 2.75 bits per heavy atom. The van der Waals surface area contributed by atoms with E-state index in [1.165, 1.54) is 6.07 Å². The Morgan fingerprint density at radius 1 is 1.62 bits per heavy atom. The summed E-state index contributed by atoms with van der Waals surface area (Å²) >= 11 is 0. The molecule has 0 spiro atoms. The van der Waals surface area contributed by atoms with Crippen molar-refractivity contribution in [1.82, 2.24) is 0 Å². The number of benzene rings is 1. The van der Waals surface area contributed by atoms with Crippen LogP contribution in [0.15, 0.2) is 18.2 Å². The van der Waals surface area contributed by atoms with Crippen LogP contribution in [-0.2, 0) is 4.79 Å². The number of aliphatic carboxylic acids is 1. The summed E-state index contributed by atoms with van der Waals surface area (Å²) in [5, 5.41) is 18.9. The molecule has 3 N–H and O–H groups in total. The predicted octanol–water partition coefficient (Wildman–Crippen LogP) is 1.21. The largest absolute Gasteiger partial charge is 0.481 e. The fourth-order valence-corrected chi connectivity index (χ4v) is 1.21. The number of carboxylic acids is 1. The lowest BCUT2D eigenvalue weighted by atomic mass is 10.0. The van der Waals surface area contributed by atoms with E-state index in [0.29, 0.717) is 0 Å².